The molecule has 5 heteroatoms. The average molecular weight is 265 g/mol. The van der Waals surface area contributed by atoms with Gasteiger partial charge < -0.3 is 10.5 Å². The lowest BCUT2D eigenvalue weighted by Gasteiger charge is -2.10. The molecule has 0 saturated heterocycles. The van der Waals surface area contributed by atoms with Crippen LogP contribution in [0.5, 0.6) is 11.5 Å². The normalized spacial score (nSPS) is 10.1. The van der Waals surface area contributed by atoms with E-state index >= 15 is 0 Å². The van der Waals surface area contributed by atoms with Crippen LogP contribution in [0.25, 0.3) is 0 Å². The minimum Gasteiger partial charge on any atom is -0.456 e. The van der Waals surface area contributed by atoms with Crippen molar-refractivity contribution in [3.8, 4) is 11.5 Å². The molecule has 0 saturated carbocycles. The van der Waals surface area contributed by atoms with Gasteiger partial charge in [0.05, 0.1) is 5.56 Å². The number of benzene rings is 2. The highest BCUT2D eigenvalue weighted by molar-refractivity contribution is 6.31. The predicted octanol–water partition coefficient (Wildman–Crippen LogP) is 3.56. The molecule has 0 aromatic heterocycles. The molecule has 0 radical (unpaired) electrons. The van der Waals surface area contributed by atoms with Gasteiger partial charge in [0.2, 0.25) is 0 Å². The average Bonchev–Trinajstić information content (AvgIpc) is 2.31. The molecule has 0 heterocycles. The van der Waals surface area contributed by atoms with E-state index in [1.54, 1.807) is 18.2 Å². The molecule has 0 bridgehead atoms. The summed E-state index contributed by atoms with van der Waals surface area (Å²) in [7, 11) is 0. The summed E-state index contributed by atoms with van der Waals surface area (Å²) in [5, 5.41) is 7.90. The van der Waals surface area contributed by atoms with Gasteiger partial charge in [-0.15, -0.1) is 0 Å². The van der Waals surface area contributed by atoms with Crippen molar-refractivity contribution in [1.29, 1.82) is 5.41 Å². The van der Waals surface area contributed by atoms with Gasteiger partial charge in [-0.1, -0.05) is 17.7 Å². The van der Waals surface area contributed by atoms with Gasteiger partial charge in [-0.25, -0.2) is 4.39 Å². The molecule has 92 valence electrons. The summed E-state index contributed by atoms with van der Waals surface area (Å²) in [5.41, 5.74) is 5.80. The van der Waals surface area contributed by atoms with Crippen LogP contribution < -0.4 is 10.5 Å². The van der Waals surface area contributed by atoms with Gasteiger partial charge in [0.15, 0.2) is 0 Å². The molecule has 0 aliphatic heterocycles. The van der Waals surface area contributed by atoms with Crippen LogP contribution in [-0.4, -0.2) is 5.84 Å². The topological polar surface area (TPSA) is 59.1 Å². The van der Waals surface area contributed by atoms with Gasteiger partial charge >= 0.3 is 0 Å². The van der Waals surface area contributed by atoms with Gasteiger partial charge in [0.25, 0.3) is 0 Å². The van der Waals surface area contributed by atoms with Crippen LogP contribution >= 0.6 is 11.6 Å². The Labute approximate surface area is 108 Å². The van der Waals surface area contributed by atoms with E-state index in [0.29, 0.717) is 22.1 Å². The minimum absolute atomic E-state index is 0.163. The zero-order valence-electron chi connectivity index (χ0n) is 9.28. The van der Waals surface area contributed by atoms with Crippen molar-refractivity contribution in [3.63, 3.8) is 0 Å². The largest absolute Gasteiger partial charge is 0.456 e. The highest BCUT2D eigenvalue weighted by Crippen LogP contribution is 2.27. The summed E-state index contributed by atoms with van der Waals surface area (Å²) >= 11 is 5.82. The molecule has 0 aliphatic carbocycles. The second-order valence-electron chi connectivity index (χ2n) is 3.61. The van der Waals surface area contributed by atoms with E-state index < -0.39 is 5.82 Å². The smallest absolute Gasteiger partial charge is 0.138 e. The highest BCUT2D eigenvalue weighted by Gasteiger charge is 2.09. The molecule has 0 unspecified atom stereocenters. The molecule has 0 aliphatic rings. The number of nitrogen functional groups attached to an aromatic ring is 1. The van der Waals surface area contributed by atoms with E-state index in [1.807, 2.05) is 0 Å². The van der Waals surface area contributed by atoms with Crippen molar-refractivity contribution in [2.45, 2.75) is 0 Å². The SMILES string of the molecule is N=C(N)c1cc(Cl)ccc1Oc1cccc(F)c1. The van der Waals surface area contributed by atoms with Crippen molar-refractivity contribution >= 4 is 17.4 Å². The monoisotopic (exact) mass is 264 g/mol. The zero-order chi connectivity index (χ0) is 13.1. The fourth-order valence-corrected chi connectivity index (χ4v) is 1.63. The van der Waals surface area contributed by atoms with Crippen LogP contribution in [0.15, 0.2) is 42.5 Å². The van der Waals surface area contributed by atoms with E-state index in [9.17, 15) is 4.39 Å². The number of rotatable bonds is 3. The molecule has 0 fully saturated rings. The second-order valence-corrected chi connectivity index (χ2v) is 4.05. The van der Waals surface area contributed by atoms with E-state index in [1.165, 1.54) is 24.3 Å². The lowest BCUT2D eigenvalue weighted by molar-refractivity contribution is 0.475. The first-order valence-corrected chi connectivity index (χ1v) is 5.51. The Hall–Kier alpha value is -2.07. The Kier molecular flexibility index (Phi) is 3.48. The van der Waals surface area contributed by atoms with Gasteiger partial charge in [-0.05, 0) is 30.3 Å². The Bertz CT molecular complexity index is 601. The van der Waals surface area contributed by atoms with Crippen LogP contribution in [0.4, 0.5) is 4.39 Å². The van der Waals surface area contributed by atoms with E-state index in [0.717, 1.165) is 0 Å². The van der Waals surface area contributed by atoms with Crippen molar-refractivity contribution in [1.82, 2.24) is 0 Å². The van der Waals surface area contributed by atoms with Crippen LogP contribution in [0.1, 0.15) is 5.56 Å². The van der Waals surface area contributed by atoms with Crippen molar-refractivity contribution < 1.29 is 9.13 Å². The number of halogens is 2. The molecule has 2 rings (SSSR count). The summed E-state index contributed by atoms with van der Waals surface area (Å²) < 4.78 is 18.5. The maximum Gasteiger partial charge on any atom is 0.138 e. The fourth-order valence-electron chi connectivity index (χ4n) is 1.46. The third kappa shape index (κ3) is 2.78. The molecule has 3 nitrogen and oxygen atoms in total. The highest BCUT2D eigenvalue weighted by atomic mass is 35.5. The van der Waals surface area contributed by atoms with E-state index in [2.05, 4.69) is 0 Å². The van der Waals surface area contributed by atoms with Crippen molar-refractivity contribution in [2.75, 3.05) is 0 Å². The lowest BCUT2D eigenvalue weighted by atomic mass is 10.2. The second kappa shape index (κ2) is 5.06. The Morgan fingerprint density at radius 2 is 2.00 bits per heavy atom. The summed E-state index contributed by atoms with van der Waals surface area (Å²) in [5.74, 6) is 0.132. The quantitative estimate of drug-likeness (QED) is 0.658. The molecule has 0 amide bonds. The number of amidine groups is 1. The summed E-state index contributed by atoms with van der Waals surface area (Å²) in [6.45, 7) is 0. The third-order valence-corrected chi connectivity index (χ3v) is 2.49. The Morgan fingerprint density at radius 3 is 2.67 bits per heavy atom. The number of hydrogen-bond donors (Lipinski definition) is 2. The van der Waals surface area contributed by atoms with Crippen LogP contribution in [0.3, 0.4) is 0 Å². The molecule has 0 spiro atoms. The standard InChI is InChI=1S/C13H10ClFN2O/c14-8-4-5-12(11(6-8)13(16)17)18-10-3-1-2-9(15)7-10/h1-7H,(H3,16,17). The minimum atomic E-state index is -0.397. The fraction of sp³-hybridized carbons (Fsp3) is 0. The number of hydrogen-bond acceptors (Lipinski definition) is 2. The van der Waals surface area contributed by atoms with Gasteiger partial charge in [-0.2, -0.15) is 0 Å². The maximum atomic E-state index is 13.0. The first-order chi connectivity index (χ1) is 8.56. The first kappa shape index (κ1) is 12.4. The molecule has 3 N–H and O–H groups in total. The summed E-state index contributed by atoms with van der Waals surface area (Å²) in [6.07, 6.45) is 0. The molecular formula is C13H10ClFN2O. The van der Waals surface area contributed by atoms with Gasteiger partial charge in [-0.3, -0.25) is 5.41 Å². The van der Waals surface area contributed by atoms with Crippen LogP contribution in [-0.2, 0) is 0 Å². The molecule has 18 heavy (non-hydrogen) atoms. The van der Waals surface area contributed by atoms with Crippen molar-refractivity contribution in [2.24, 2.45) is 5.73 Å². The molecular weight excluding hydrogens is 255 g/mol. The van der Waals surface area contributed by atoms with Gasteiger partial charge in [0.1, 0.15) is 23.2 Å². The van der Waals surface area contributed by atoms with Crippen molar-refractivity contribution in [3.05, 3.63) is 58.9 Å². The summed E-state index contributed by atoms with van der Waals surface area (Å²) in [6, 6.07) is 10.4. The number of nitrogens with two attached hydrogens (primary N) is 1. The first-order valence-electron chi connectivity index (χ1n) is 5.13. The molecule has 0 atom stereocenters. The lowest BCUT2D eigenvalue weighted by Crippen LogP contribution is -2.12. The predicted molar refractivity (Wildman–Crippen MR) is 68.9 cm³/mol. The van der Waals surface area contributed by atoms with Crippen LogP contribution in [0.2, 0.25) is 5.02 Å². The maximum absolute atomic E-state index is 13.0. The zero-order valence-corrected chi connectivity index (χ0v) is 10.0. The number of nitrogens with one attached hydrogen (secondary N) is 1. The van der Waals surface area contributed by atoms with Crippen LogP contribution in [0, 0.1) is 11.2 Å². The summed E-state index contributed by atoms with van der Waals surface area (Å²) in [4.78, 5) is 0. The molecule has 2 aromatic carbocycles. The number of ether oxygens (including phenoxy) is 1. The molecule has 2 aromatic rings. The van der Waals surface area contributed by atoms with E-state index in [-0.39, 0.29) is 5.84 Å². The van der Waals surface area contributed by atoms with E-state index in [4.69, 9.17) is 27.5 Å². The Morgan fingerprint density at radius 1 is 1.22 bits per heavy atom. The third-order valence-electron chi connectivity index (χ3n) is 2.26. The van der Waals surface area contributed by atoms with Gasteiger partial charge in [0, 0.05) is 11.1 Å². The Balaban J connectivity index is 2.37.